The number of hydrogen-bond donors (Lipinski definition) is 0. The van der Waals surface area contributed by atoms with E-state index in [0.29, 0.717) is 24.7 Å². The van der Waals surface area contributed by atoms with Crippen LogP contribution in [0, 0.1) is 10.8 Å². The van der Waals surface area contributed by atoms with Crippen molar-refractivity contribution in [2.24, 2.45) is 10.8 Å². The Morgan fingerprint density at radius 1 is 1.23 bits per heavy atom. The monoisotopic (exact) mass is 458 g/mol. The maximum Gasteiger partial charge on any atom is 0.425 e. The molecule has 0 aromatic heterocycles. The highest BCUT2D eigenvalue weighted by Gasteiger charge is 2.45. The molecule has 8 nitrogen and oxygen atoms in total. The number of rotatable bonds is 5. The van der Waals surface area contributed by atoms with Crippen LogP contribution in [0.15, 0.2) is 35.5 Å². The van der Waals surface area contributed by atoms with Crippen LogP contribution in [0.2, 0.25) is 0 Å². The molecule has 3 rings (SSSR count). The quantitative estimate of drug-likeness (QED) is 0.388. The fraction of sp³-hybridized carbons (Fsp3) is 0.650. The molecule has 0 atom stereocenters. The Kier molecular flexibility index (Phi) is 6.52. The second-order valence-corrected chi connectivity index (χ2v) is 12.6. The highest BCUT2D eigenvalue weighted by atomic mass is 32.2. The van der Waals surface area contributed by atoms with Gasteiger partial charge in [0.2, 0.25) is 0 Å². The Hall–Kier alpha value is -1.25. The van der Waals surface area contributed by atoms with E-state index in [1.54, 1.807) is 13.3 Å². The van der Waals surface area contributed by atoms with Crippen LogP contribution in [0.1, 0.15) is 48.0 Å². The lowest BCUT2D eigenvalue weighted by atomic mass is 9.90. The van der Waals surface area contributed by atoms with Crippen molar-refractivity contribution < 1.29 is 27.9 Å². The largest absolute Gasteiger partial charge is 0.461 e. The third kappa shape index (κ3) is 4.81. The van der Waals surface area contributed by atoms with E-state index in [1.807, 2.05) is 53.7 Å². The van der Waals surface area contributed by atoms with E-state index >= 15 is 0 Å². The summed E-state index contributed by atoms with van der Waals surface area (Å²) in [4.78, 5) is 12.9. The summed E-state index contributed by atoms with van der Waals surface area (Å²) in [7, 11) is -1.98. The molecular weight excluding hydrogens is 427 g/mol. The lowest BCUT2D eigenvalue weighted by Crippen LogP contribution is -2.37. The summed E-state index contributed by atoms with van der Waals surface area (Å²) in [6.45, 7) is 12.3. The van der Waals surface area contributed by atoms with Crippen molar-refractivity contribution in [3.63, 3.8) is 0 Å². The zero-order valence-electron chi connectivity index (χ0n) is 18.6. The van der Waals surface area contributed by atoms with E-state index in [2.05, 4.69) is 0 Å². The van der Waals surface area contributed by atoms with Crippen LogP contribution in [0.3, 0.4) is 0 Å². The van der Waals surface area contributed by atoms with Crippen LogP contribution in [0.25, 0.3) is 0 Å². The summed E-state index contributed by atoms with van der Waals surface area (Å²) in [5.41, 5.74) is 0.411. The Balaban J connectivity index is 1.72. The molecule has 2 heterocycles. The summed E-state index contributed by atoms with van der Waals surface area (Å²) in [5, 5.41) is 0. The van der Waals surface area contributed by atoms with Gasteiger partial charge in [-0.3, -0.25) is 9.05 Å². The molecule has 2 aliphatic heterocycles. The Morgan fingerprint density at radius 2 is 1.87 bits per heavy atom. The average Bonchev–Trinajstić information content (AvgIpc) is 2.91. The van der Waals surface area contributed by atoms with Crippen molar-refractivity contribution in [3.05, 3.63) is 35.5 Å². The Labute approximate surface area is 183 Å². The zero-order valence-corrected chi connectivity index (χ0v) is 20.3. The number of ether oxygens (including phenoxy) is 2. The van der Waals surface area contributed by atoms with Crippen LogP contribution in [-0.2, 0) is 23.1 Å². The fourth-order valence-electron chi connectivity index (χ4n) is 3.24. The van der Waals surface area contributed by atoms with Crippen molar-refractivity contribution in [3.8, 4) is 0 Å². The predicted molar refractivity (Wildman–Crippen MR) is 116 cm³/mol. The van der Waals surface area contributed by atoms with Gasteiger partial charge in [-0.2, -0.15) is 0 Å². The van der Waals surface area contributed by atoms with E-state index < -0.39 is 13.8 Å². The molecule has 0 bridgehead atoms. The highest BCUT2D eigenvalue weighted by molar-refractivity contribution is 7.99. The second-order valence-electron chi connectivity index (χ2n) is 9.38. The molecule has 0 saturated carbocycles. The van der Waals surface area contributed by atoms with E-state index in [4.69, 9.17) is 18.5 Å². The van der Waals surface area contributed by atoms with E-state index in [-0.39, 0.29) is 16.9 Å². The first-order valence-corrected chi connectivity index (χ1v) is 12.2. The van der Waals surface area contributed by atoms with E-state index in [0.717, 1.165) is 24.1 Å². The summed E-state index contributed by atoms with van der Waals surface area (Å²) in [6.07, 6.45) is 5.48. The van der Waals surface area contributed by atoms with Crippen molar-refractivity contribution in [2.75, 3.05) is 20.3 Å². The van der Waals surface area contributed by atoms with Gasteiger partial charge in [-0.25, -0.2) is 13.7 Å². The molecule has 30 heavy (non-hydrogen) atoms. The number of hydrogen-bond acceptors (Lipinski definition) is 7. The molecule has 0 unspecified atom stereocenters. The third-order valence-electron chi connectivity index (χ3n) is 4.88. The molecule has 1 saturated heterocycles. The predicted octanol–water partition coefficient (Wildman–Crippen LogP) is 5.62. The number of carbonyl (C=O) groups is 1. The molecule has 1 aliphatic carbocycles. The molecule has 1 amide bonds. The minimum atomic E-state index is -3.55. The summed E-state index contributed by atoms with van der Waals surface area (Å²) < 4.78 is 38.7. The lowest BCUT2D eigenvalue weighted by Gasteiger charge is -2.40. The molecular formula is C20H31N2O6PS. The third-order valence-corrected chi connectivity index (χ3v) is 8.54. The van der Waals surface area contributed by atoms with Gasteiger partial charge < -0.3 is 9.47 Å². The van der Waals surface area contributed by atoms with Gasteiger partial charge in [0.1, 0.15) is 0 Å². The van der Waals surface area contributed by atoms with Crippen LogP contribution in [0.5, 0.6) is 0 Å². The molecule has 0 aromatic rings. The summed E-state index contributed by atoms with van der Waals surface area (Å²) >= 11 is 0.966. The van der Waals surface area contributed by atoms with Crippen molar-refractivity contribution >= 4 is 26.0 Å². The molecule has 0 aromatic carbocycles. The van der Waals surface area contributed by atoms with Crippen LogP contribution in [0.4, 0.5) is 4.79 Å². The summed E-state index contributed by atoms with van der Waals surface area (Å²) in [6, 6.07) is -0.205. The van der Waals surface area contributed by atoms with E-state index in [9.17, 15) is 9.36 Å². The van der Waals surface area contributed by atoms with Crippen LogP contribution < -0.4 is 0 Å². The van der Waals surface area contributed by atoms with Gasteiger partial charge in [-0.15, -0.1) is 4.08 Å². The standard InChI is InChI=1S/C20H31N2O6PS/c1-14(2)22(29(24)26-12-19(3,4)13-27-29)30-21(7)18(23)28-17-16-15(9-8-10-25-16)11-20(17,5)6/h8-10,14H,11-13H2,1-7H3. The zero-order chi connectivity index (χ0) is 22.3. The van der Waals surface area contributed by atoms with Crippen molar-refractivity contribution in [2.45, 2.75) is 54.0 Å². The minimum Gasteiger partial charge on any atom is -0.461 e. The van der Waals surface area contributed by atoms with E-state index in [1.165, 1.54) is 8.38 Å². The maximum absolute atomic E-state index is 13.3. The SMILES string of the molecule is CC(C)N(SN(C)C(=O)OC1=C2OC=CC=C2CC1(C)C)P1(=O)OCC(C)(C)CO1. The first-order chi connectivity index (χ1) is 13.8. The Morgan fingerprint density at radius 3 is 2.47 bits per heavy atom. The molecule has 168 valence electrons. The smallest absolute Gasteiger partial charge is 0.425 e. The lowest BCUT2D eigenvalue weighted by molar-refractivity contribution is 0.0278. The van der Waals surface area contributed by atoms with Gasteiger partial charge in [0.05, 0.1) is 31.6 Å². The van der Waals surface area contributed by atoms with Crippen LogP contribution >= 0.6 is 19.9 Å². The molecule has 10 heteroatoms. The summed E-state index contributed by atoms with van der Waals surface area (Å²) in [5.74, 6) is 1.08. The topological polar surface area (TPSA) is 77.5 Å². The van der Waals surface area contributed by atoms with Gasteiger partial charge in [0.25, 0.3) is 0 Å². The molecule has 0 spiro atoms. The number of allylic oxidation sites excluding steroid dienone is 4. The fourth-order valence-corrected chi connectivity index (χ4v) is 6.64. The number of carbonyl (C=O) groups excluding carboxylic acids is 1. The number of nitrogens with zero attached hydrogens (tertiary/aromatic N) is 2. The maximum atomic E-state index is 13.3. The minimum absolute atomic E-state index is 0.205. The van der Waals surface area contributed by atoms with Gasteiger partial charge in [0.15, 0.2) is 11.5 Å². The second kappa shape index (κ2) is 8.36. The van der Waals surface area contributed by atoms with Gasteiger partial charge >= 0.3 is 13.8 Å². The molecule has 3 aliphatic rings. The van der Waals surface area contributed by atoms with Gasteiger partial charge in [-0.05, 0) is 31.9 Å². The molecule has 0 N–H and O–H groups in total. The number of fused-ring (bicyclic) bond motifs is 1. The molecule has 1 fully saturated rings. The molecule has 0 radical (unpaired) electrons. The normalized spacial score (nSPS) is 23.8. The van der Waals surface area contributed by atoms with Gasteiger partial charge in [0, 0.05) is 23.9 Å². The van der Waals surface area contributed by atoms with Crippen LogP contribution in [-0.4, -0.2) is 40.8 Å². The average molecular weight is 459 g/mol. The Bertz CT molecular complexity index is 834. The van der Waals surface area contributed by atoms with Gasteiger partial charge in [-0.1, -0.05) is 33.8 Å². The first kappa shape index (κ1) is 23.4. The highest BCUT2D eigenvalue weighted by Crippen LogP contribution is 2.60. The first-order valence-electron chi connectivity index (χ1n) is 9.95. The van der Waals surface area contributed by atoms with Crippen molar-refractivity contribution in [1.82, 2.24) is 8.38 Å². The van der Waals surface area contributed by atoms with Crippen molar-refractivity contribution in [1.29, 1.82) is 0 Å². The number of amides is 1.